The molecule has 0 saturated carbocycles. The zero-order valence-electron chi connectivity index (χ0n) is 17.6. The number of piperidine rings is 1. The molecule has 4 rings (SSSR count). The number of allylic oxidation sites excluding steroid dienone is 1. The van der Waals surface area contributed by atoms with E-state index in [-0.39, 0.29) is 17.3 Å². The fraction of sp³-hybridized carbons (Fsp3) is 0.375. The van der Waals surface area contributed by atoms with Crippen LogP contribution in [-0.4, -0.2) is 43.1 Å². The highest BCUT2D eigenvalue weighted by molar-refractivity contribution is 6.15. The maximum atomic E-state index is 13.0. The molecule has 1 N–H and O–H groups in total. The van der Waals surface area contributed by atoms with Crippen molar-refractivity contribution in [1.82, 2.24) is 4.90 Å². The summed E-state index contributed by atoms with van der Waals surface area (Å²) < 4.78 is 16.7. The minimum atomic E-state index is -0.205. The van der Waals surface area contributed by atoms with Crippen LogP contribution in [0.15, 0.2) is 36.1 Å². The fourth-order valence-electron chi connectivity index (χ4n) is 4.20. The van der Waals surface area contributed by atoms with Gasteiger partial charge in [0.1, 0.15) is 23.0 Å². The van der Waals surface area contributed by atoms with Gasteiger partial charge in [-0.1, -0.05) is 6.92 Å². The number of methoxy groups -OCH3 is 2. The van der Waals surface area contributed by atoms with Gasteiger partial charge in [0.05, 0.1) is 25.3 Å². The molecule has 0 amide bonds. The average Bonchev–Trinajstić information content (AvgIpc) is 3.06. The molecule has 2 aromatic rings. The Kier molecular flexibility index (Phi) is 5.68. The zero-order chi connectivity index (χ0) is 21.3. The lowest BCUT2D eigenvalue weighted by Gasteiger charge is -2.31. The van der Waals surface area contributed by atoms with E-state index in [9.17, 15) is 9.90 Å². The van der Waals surface area contributed by atoms with E-state index in [0.717, 1.165) is 19.5 Å². The predicted octanol–water partition coefficient (Wildman–Crippen LogP) is 4.26. The minimum Gasteiger partial charge on any atom is -0.507 e. The number of rotatable bonds is 5. The molecule has 2 aliphatic rings. The molecule has 0 spiro atoms. The summed E-state index contributed by atoms with van der Waals surface area (Å²) >= 11 is 0. The lowest BCUT2D eigenvalue weighted by atomic mass is 9.99. The molecule has 1 fully saturated rings. The van der Waals surface area contributed by atoms with Gasteiger partial charge in [0.25, 0.3) is 0 Å². The van der Waals surface area contributed by atoms with Crippen molar-refractivity contribution in [2.75, 3.05) is 27.3 Å². The maximum Gasteiger partial charge on any atom is 0.231 e. The maximum absolute atomic E-state index is 13.0. The Morgan fingerprint density at radius 1 is 1.23 bits per heavy atom. The Morgan fingerprint density at radius 3 is 2.80 bits per heavy atom. The van der Waals surface area contributed by atoms with E-state index < -0.39 is 0 Å². The Balaban J connectivity index is 1.67. The molecule has 158 valence electrons. The van der Waals surface area contributed by atoms with E-state index in [2.05, 4.69) is 11.8 Å². The Hall–Kier alpha value is -2.99. The fourth-order valence-corrected chi connectivity index (χ4v) is 4.20. The van der Waals surface area contributed by atoms with Gasteiger partial charge in [-0.25, -0.2) is 0 Å². The van der Waals surface area contributed by atoms with Gasteiger partial charge in [-0.2, -0.15) is 0 Å². The molecule has 2 heterocycles. The highest BCUT2D eigenvalue weighted by Crippen LogP contribution is 2.41. The molecule has 2 aliphatic heterocycles. The summed E-state index contributed by atoms with van der Waals surface area (Å²) in [6.45, 7) is 4.75. The van der Waals surface area contributed by atoms with Gasteiger partial charge < -0.3 is 19.3 Å². The lowest BCUT2D eigenvalue weighted by molar-refractivity contribution is 0.101. The Labute approximate surface area is 176 Å². The molecule has 6 nitrogen and oxygen atoms in total. The molecule has 1 atom stereocenters. The molecular formula is C24H27NO5. The smallest absolute Gasteiger partial charge is 0.231 e. The molecular weight excluding hydrogens is 382 g/mol. The summed E-state index contributed by atoms with van der Waals surface area (Å²) in [7, 11) is 3.16. The molecule has 0 aliphatic carbocycles. The van der Waals surface area contributed by atoms with E-state index in [1.807, 2.05) is 0 Å². The van der Waals surface area contributed by atoms with Crippen LogP contribution >= 0.6 is 0 Å². The molecule has 0 bridgehead atoms. The van der Waals surface area contributed by atoms with Crippen LogP contribution in [0.4, 0.5) is 0 Å². The lowest BCUT2D eigenvalue weighted by Crippen LogP contribution is -2.33. The summed E-state index contributed by atoms with van der Waals surface area (Å²) in [4.78, 5) is 15.3. The first-order valence-electron chi connectivity index (χ1n) is 10.2. The van der Waals surface area contributed by atoms with Crippen LogP contribution < -0.4 is 14.2 Å². The first kappa shape index (κ1) is 20.3. The summed E-state index contributed by atoms with van der Waals surface area (Å²) in [6.07, 6.45) is 4.02. The Bertz CT molecular complexity index is 997. The highest BCUT2D eigenvalue weighted by Gasteiger charge is 2.32. The van der Waals surface area contributed by atoms with Crippen LogP contribution in [0.5, 0.6) is 23.0 Å². The van der Waals surface area contributed by atoms with Crippen LogP contribution in [0.2, 0.25) is 0 Å². The third-order valence-corrected chi connectivity index (χ3v) is 5.76. The minimum absolute atomic E-state index is 0.153. The second-order valence-corrected chi connectivity index (χ2v) is 7.97. The summed E-state index contributed by atoms with van der Waals surface area (Å²) in [5.74, 6) is 2.49. The first-order valence-corrected chi connectivity index (χ1v) is 10.2. The van der Waals surface area contributed by atoms with Crippen LogP contribution in [0.3, 0.4) is 0 Å². The van der Waals surface area contributed by atoms with Crippen molar-refractivity contribution < 1.29 is 24.1 Å². The average molecular weight is 409 g/mol. The van der Waals surface area contributed by atoms with Crippen molar-refractivity contribution in [3.05, 3.63) is 52.8 Å². The van der Waals surface area contributed by atoms with Gasteiger partial charge in [-0.05, 0) is 61.7 Å². The van der Waals surface area contributed by atoms with Gasteiger partial charge >= 0.3 is 0 Å². The Morgan fingerprint density at radius 2 is 2.07 bits per heavy atom. The number of benzene rings is 2. The van der Waals surface area contributed by atoms with Gasteiger partial charge in [0, 0.05) is 18.7 Å². The van der Waals surface area contributed by atoms with Crippen molar-refractivity contribution in [1.29, 1.82) is 0 Å². The topological polar surface area (TPSA) is 68.2 Å². The number of ether oxygens (including phenoxy) is 3. The standard InChI is InChI=1S/C24H27NO5/c1-15-5-4-10-25(13-15)14-19-20(26)8-7-18-23(27)22(30-24(18)19)12-16-11-17(28-2)6-9-21(16)29-3/h6-9,11-12,15,26H,4-5,10,13-14H2,1-3H3/b22-12-/t15-/m1/s1. The van der Waals surface area contributed by atoms with Crippen LogP contribution in [0.1, 0.15) is 41.3 Å². The number of carbonyl (C=O) groups is 1. The molecule has 6 heteroatoms. The highest BCUT2D eigenvalue weighted by atomic mass is 16.5. The van der Waals surface area contributed by atoms with Gasteiger partial charge in [-0.3, -0.25) is 9.69 Å². The first-order chi connectivity index (χ1) is 14.5. The summed E-state index contributed by atoms with van der Waals surface area (Å²) in [6, 6.07) is 8.57. The van der Waals surface area contributed by atoms with Crippen LogP contribution in [-0.2, 0) is 6.54 Å². The number of ketones is 1. The molecule has 0 unspecified atom stereocenters. The number of Topliss-reactive ketones (excluding diaryl/α,β-unsaturated/α-hetero) is 1. The normalized spacial score (nSPS) is 20.2. The van der Waals surface area contributed by atoms with Gasteiger partial charge in [0.15, 0.2) is 5.76 Å². The van der Waals surface area contributed by atoms with E-state index in [4.69, 9.17) is 14.2 Å². The summed E-state index contributed by atoms with van der Waals surface area (Å²) in [5, 5.41) is 10.5. The van der Waals surface area contributed by atoms with Crippen molar-refractivity contribution in [2.24, 2.45) is 5.92 Å². The number of fused-ring (bicyclic) bond motifs is 1. The van der Waals surface area contributed by atoms with Crippen molar-refractivity contribution in [3.63, 3.8) is 0 Å². The van der Waals surface area contributed by atoms with Crippen LogP contribution in [0, 0.1) is 5.92 Å². The van der Waals surface area contributed by atoms with E-state index in [0.29, 0.717) is 46.4 Å². The molecule has 0 aromatic heterocycles. The monoisotopic (exact) mass is 409 g/mol. The number of carbonyl (C=O) groups excluding carboxylic acids is 1. The largest absolute Gasteiger partial charge is 0.507 e. The molecule has 2 aromatic carbocycles. The third kappa shape index (κ3) is 3.87. The van der Waals surface area contributed by atoms with E-state index in [1.165, 1.54) is 6.42 Å². The SMILES string of the molecule is COc1ccc(OC)c(/C=C2\Oc3c(ccc(O)c3CN3CCC[C@@H](C)C3)C2=O)c1. The number of phenols is 1. The molecule has 30 heavy (non-hydrogen) atoms. The second kappa shape index (κ2) is 8.40. The van der Waals surface area contributed by atoms with Crippen molar-refractivity contribution in [3.8, 4) is 23.0 Å². The van der Waals surface area contributed by atoms with Crippen molar-refractivity contribution >= 4 is 11.9 Å². The predicted molar refractivity (Wildman–Crippen MR) is 114 cm³/mol. The number of hydrogen-bond donors (Lipinski definition) is 1. The number of aromatic hydroxyl groups is 1. The number of phenolic OH excluding ortho intramolecular Hbond substituents is 1. The van der Waals surface area contributed by atoms with Gasteiger partial charge in [0.2, 0.25) is 5.78 Å². The quantitative estimate of drug-likeness (QED) is 0.745. The van der Waals surface area contributed by atoms with E-state index in [1.54, 1.807) is 50.6 Å². The number of nitrogens with zero attached hydrogens (tertiary/aromatic N) is 1. The van der Waals surface area contributed by atoms with Gasteiger partial charge in [-0.15, -0.1) is 0 Å². The third-order valence-electron chi connectivity index (χ3n) is 5.76. The van der Waals surface area contributed by atoms with Crippen molar-refractivity contribution in [2.45, 2.75) is 26.3 Å². The van der Waals surface area contributed by atoms with Crippen LogP contribution in [0.25, 0.3) is 6.08 Å². The molecule has 1 saturated heterocycles. The van der Waals surface area contributed by atoms with E-state index >= 15 is 0 Å². The summed E-state index contributed by atoms with van der Waals surface area (Å²) in [5.41, 5.74) is 1.82. The second-order valence-electron chi connectivity index (χ2n) is 7.97. The zero-order valence-corrected chi connectivity index (χ0v) is 17.6. The molecule has 0 radical (unpaired) electrons. The number of hydrogen-bond acceptors (Lipinski definition) is 6. The number of likely N-dealkylation sites (tertiary alicyclic amines) is 1.